The van der Waals surface area contributed by atoms with Gasteiger partial charge in [0.15, 0.2) is 6.10 Å². The molecule has 1 unspecified atom stereocenters. The van der Waals surface area contributed by atoms with Gasteiger partial charge in [-0.2, -0.15) is 4.98 Å². The lowest BCUT2D eigenvalue weighted by Crippen LogP contribution is -2.35. The molecule has 0 saturated carbocycles. The number of nitrogens with zero attached hydrogens (tertiary/aromatic N) is 2. The van der Waals surface area contributed by atoms with Gasteiger partial charge >= 0.3 is 0 Å². The molecule has 1 aromatic heterocycles. The maximum absolute atomic E-state index is 12.9. The summed E-state index contributed by atoms with van der Waals surface area (Å²) in [7, 11) is 0. The predicted molar refractivity (Wildman–Crippen MR) is 92.8 cm³/mol. The van der Waals surface area contributed by atoms with Crippen molar-refractivity contribution >= 4 is 5.91 Å². The van der Waals surface area contributed by atoms with E-state index in [0.29, 0.717) is 17.5 Å². The highest BCUT2D eigenvalue weighted by Crippen LogP contribution is 2.17. The smallest absolute Gasteiger partial charge is 0.261 e. The first-order valence-corrected chi connectivity index (χ1v) is 8.11. The Bertz CT molecular complexity index is 893. The van der Waals surface area contributed by atoms with Crippen LogP contribution in [0.15, 0.2) is 53.1 Å². The van der Waals surface area contributed by atoms with Gasteiger partial charge in [0.25, 0.3) is 5.91 Å². The van der Waals surface area contributed by atoms with Gasteiger partial charge in [0.05, 0.1) is 6.54 Å². The summed E-state index contributed by atoms with van der Waals surface area (Å²) in [5, 5.41) is 6.59. The molecular formula is C19H18FN3O3. The van der Waals surface area contributed by atoms with Gasteiger partial charge in [0.1, 0.15) is 11.6 Å². The number of hydrogen-bond donors (Lipinski definition) is 1. The Balaban J connectivity index is 1.55. The highest BCUT2D eigenvalue weighted by molar-refractivity contribution is 5.80. The Morgan fingerprint density at radius 1 is 1.27 bits per heavy atom. The molecule has 2 aromatic carbocycles. The lowest BCUT2D eigenvalue weighted by atomic mass is 10.1. The van der Waals surface area contributed by atoms with E-state index in [1.807, 2.05) is 31.2 Å². The molecule has 1 atom stereocenters. The SMILES string of the molecule is Cc1cccc(-c2noc(CNC(=O)C(C)Oc3ccc(F)cc3)n2)c1. The monoisotopic (exact) mass is 355 g/mol. The fraction of sp³-hybridized carbons (Fsp3) is 0.211. The topological polar surface area (TPSA) is 77.2 Å². The van der Waals surface area contributed by atoms with E-state index in [9.17, 15) is 9.18 Å². The number of halogens is 1. The van der Waals surface area contributed by atoms with E-state index >= 15 is 0 Å². The Hall–Kier alpha value is -3.22. The zero-order valence-electron chi connectivity index (χ0n) is 14.4. The molecule has 6 nitrogen and oxygen atoms in total. The number of carbonyl (C=O) groups excluding carboxylic acids is 1. The third-order valence-corrected chi connectivity index (χ3v) is 3.65. The van der Waals surface area contributed by atoms with Gasteiger partial charge in [-0.1, -0.05) is 28.9 Å². The van der Waals surface area contributed by atoms with Crippen LogP contribution in [0.25, 0.3) is 11.4 Å². The molecular weight excluding hydrogens is 337 g/mol. The van der Waals surface area contributed by atoms with Crippen molar-refractivity contribution in [3.05, 3.63) is 65.8 Å². The van der Waals surface area contributed by atoms with Crippen LogP contribution in [0.3, 0.4) is 0 Å². The zero-order chi connectivity index (χ0) is 18.5. The van der Waals surface area contributed by atoms with Crippen molar-refractivity contribution in [2.45, 2.75) is 26.5 Å². The largest absolute Gasteiger partial charge is 0.481 e. The fourth-order valence-corrected chi connectivity index (χ4v) is 2.31. The number of ether oxygens (including phenoxy) is 1. The van der Waals surface area contributed by atoms with Crippen molar-refractivity contribution in [3.8, 4) is 17.1 Å². The molecule has 0 fully saturated rings. The molecule has 0 radical (unpaired) electrons. The van der Waals surface area contributed by atoms with Crippen LogP contribution < -0.4 is 10.1 Å². The minimum absolute atomic E-state index is 0.0920. The van der Waals surface area contributed by atoms with E-state index in [-0.39, 0.29) is 18.3 Å². The van der Waals surface area contributed by atoms with E-state index in [1.54, 1.807) is 6.92 Å². The average Bonchev–Trinajstić information content (AvgIpc) is 3.10. The van der Waals surface area contributed by atoms with Crippen molar-refractivity contribution in [2.24, 2.45) is 0 Å². The normalized spacial score (nSPS) is 11.8. The third kappa shape index (κ3) is 4.44. The van der Waals surface area contributed by atoms with Crippen LogP contribution in [0, 0.1) is 12.7 Å². The van der Waals surface area contributed by atoms with Crippen LogP contribution in [0.1, 0.15) is 18.4 Å². The van der Waals surface area contributed by atoms with E-state index in [0.717, 1.165) is 11.1 Å². The first-order valence-electron chi connectivity index (χ1n) is 8.11. The van der Waals surface area contributed by atoms with Crippen molar-refractivity contribution in [3.63, 3.8) is 0 Å². The van der Waals surface area contributed by atoms with Gasteiger partial charge in [-0.25, -0.2) is 4.39 Å². The Kier molecular flexibility index (Phi) is 5.26. The van der Waals surface area contributed by atoms with Crippen LogP contribution >= 0.6 is 0 Å². The molecule has 0 spiro atoms. The molecule has 0 saturated heterocycles. The number of aromatic nitrogens is 2. The second kappa shape index (κ2) is 7.77. The molecule has 7 heteroatoms. The molecule has 0 bridgehead atoms. The van der Waals surface area contributed by atoms with Gasteiger partial charge < -0.3 is 14.6 Å². The minimum atomic E-state index is -0.750. The lowest BCUT2D eigenvalue weighted by Gasteiger charge is -2.13. The van der Waals surface area contributed by atoms with Gasteiger partial charge in [-0.3, -0.25) is 4.79 Å². The first kappa shape index (κ1) is 17.6. The Labute approximate surface area is 150 Å². The zero-order valence-corrected chi connectivity index (χ0v) is 14.4. The quantitative estimate of drug-likeness (QED) is 0.734. The summed E-state index contributed by atoms with van der Waals surface area (Å²) in [4.78, 5) is 16.4. The molecule has 1 N–H and O–H groups in total. The molecule has 1 amide bonds. The standard InChI is InChI=1S/C19H18FN3O3/c1-12-4-3-5-14(10-12)18-22-17(26-23-18)11-21-19(24)13(2)25-16-8-6-15(20)7-9-16/h3-10,13H,11H2,1-2H3,(H,21,24). The van der Waals surface area contributed by atoms with Crippen molar-refractivity contribution in [2.75, 3.05) is 0 Å². The van der Waals surface area contributed by atoms with E-state index in [4.69, 9.17) is 9.26 Å². The van der Waals surface area contributed by atoms with Crippen LogP contribution in [0.2, 0.25) is 0 Å². The van der Waals surface area contributed by atoms with E-state index < -0.39 is 6.10 Å². The number of carbonyl (C=O) groups is 1. The summed E-state index contributed by atoms with van der Waals surface area (Å²) in [6, 6.07) is 13.2. The summed E-state index contributed by atoms with van der Waals surface area (Å²) < 4.78 is 23.5. The highest BCUT2D eigenvalue weighted by atomic mass is 19.1. The number of benzene rings is 2. The Morgan fingerprint density at radius 2 is 2.04 bits per heavy atom. The molecule has 0 aliphatic heterocycles. The van der Waals surface area contributed by atoms with Crippen molar-refractivity contribution < 1.29 is 18.4 Å². The molecule has 3 rings (SSSR count). The number of nitrogens with one attached hydrogen (secondary N) is 1. The Morgan fingerprint density at radius 3 is 2.77 bits per heavy atom. The number of amides is 1. The van der Waals surface area contributed by atoms with Crippen LogP contribution in [0.4, 0.5) is 4.39 Å². The van der Waals surface area contributed by atoms with Gasteiger partial charge in [0, 0.05) is 5.56 Å². The van der Waals surface area contributed by atoms with Crippen LogP contribution in [-0.2, 0) is 11.3 Å². The first-order chi connectivity index (χ1) is 12.5. The fourth-order valence-electron chi connectivity index (χ4n) is 2.31. The second-order valence-corrected chi connectivity index (χ2v) is 5.81. The molecule has 3 aromatic rings. The third-order valence-electron chi connectivity index (χ3n) is 3.65. The number of aryl methyl sites for hydroxylation is 1. The van der Waals surface area contributed by atoms with Gasteiger partial charge in [-0.05, 0) is 44.2 Å². The van der Waals surface area contributed by atoms with E-state index in [1.165, 1.54) is 24.3 Å². The van der Waals surface area contributed by atoms with Crippen molar-refractivity contribution in [1.29, 1.82) is 0 Å². The highest BCUT2D eigenvalue weighted by Gasteiger charge is 2.16. The van der Waals surface area contributed by atoms with Crippen LogP contribution in [0.5, 0.6) is 5.75 Å². The molecule has 134 valence electrons. The molecule has 0 aliphatic carbocycles. The summed E-state index contributed by atoms with van der Waals surface area (Å²) >= 11 is 0. The van der Waals surface area contributed by atoms with Crippen molar-refractivity contribution in [1.82, 2.24) is 15.5 Å². The molecule has 26 heavy (non-hydrogen) atoms. The summed E-state index contributed by atoms with van der Waals surface area (Å²) in [6.07, 6.45) is -0.750. The summed E-state index contributed by atoms with van der Waals surface area (Å²) in [5.41, 5.74) is 1.94. The minimum Gasteiger partial charge on any atom is -0.481 e. The summed E-state index contributed by atoms with van der Waals surface area (Å²) in [6.45, 7) is 3.67. The van der Waals surface area contributed by atoms with Crippen LogP contribution in [-0.4, -0.2) is 22.2 Å². The second-order valence-electron chi connectivity index (χ2n) is 5.81. The number of hydrogen-bond acceptors (Lipinski definition) is 5. The lowest BCUT2D eigenvalue weighted by molar-refractivity contribution is -0.127. The molecule has 1 heterocycles. The maximum Gasteiger partial charge on any atom is 0.261 e. The van der Waals surface area contributed by atoms with Gasteiger partial charge in [0.2, 0.25) is 11.7 Å². The van der Waals surface area contributed by atoms with Gasteiger partial charge in [-0.15, -0.1) is 0 Å². The number of rotatable bonds is 6. The maximum atomic E-state index is 12.9. The molecule has 0 aliphatic rings. The summed E-state index contributed by atoms with van der Waals surface area (Å²) in [5.74, 6) is 0.464. The average molecular weight is 355 g/mol. The van der Waals surface area contributed by atoms with E-state index in [2.05, 4.69) is 15.5 Å². The predicted octanol–water partition coefficient (Wildman–Crippen LogP) is 3.27.